The van der Waals surface area contributed by atoms with Gasteiger partial charge in [0.1, 0.15) is 11.8 Å². The van der Waals surface area contributed by atoms with Crippen LogP contribution in [0.3, 0.4) is 0 Å². The minimum absolute atomic E-state index is 0.0580. The number of hydrogen-bond donors (Lipinski definition) is 2. The van der Waals surface area contributed by atoms with Gasteiger partial charge in [-0.3, -0.25) is 14.4 Å². The van der Waals surface area contributed by atoms with Crippen LogP contribution in [0.15, 0.2) is 54.6 Å². The average Bonchev–Trinajstić information content (AvgIpc) is 3.73. The van der Waals surface area contributed by atoms with E-state index in [1.165, 1.54) is 5.56 Å². The largest absolute Gasteiger partial charge is 0.497 e. The zero-order valence-corrected chi connectivity index (χ0v) is 22.8. The van der Waals surface area contributed by atoms with E-state index in [1.54, 1.807) is 36.3 Å². The number of carbonyl (C=O) groups excluding carboxylic acids is 3. The number of nitrogens with two attached hydrogens (primary N) is 1. The fourth-order valence-corrected chi connectivity index (χ4v) is 5.93. The summed E-state index contributed by atoms with van der Waals surface area (Å²) in [5, 5.41) is 3.21. The third-order valence-electron chi connectivity index (χ3n) is 8.41. The van der Waals surface area contributed by atoms with E-state index in [2.05, 4.69) is 17.4 Å². The second-order valence-corrected chi connectivity index (χ2v) is 11.3. The molecule has 3 fully saturated rings. The van der Waals surface area contributed by atoms with E-state index in [9.17, 15) is 14.4 Å². The Morgan fingerprint density at radius 3 is 2.44 bits per heavy atom. The van der Waals surface area contributed by atoms with Crippen molar-refractivity contribution in [2.45, 2.75) is 75.5 Å². The highest BCUT2D eigenvalue weighted by atomic mass is 16.5. The fraction of sp³-hybridized carbons (Fsp3) is 0.516. The number of rotatable bonds is 9. The van der Waals surface area contributed by atoms with E-state index < -0.39 is 6.04 Å². The van der Waals surface area contributed by atoms with Gasteiger partial charge in [-0.15, -0.1) is 0 Å². The van der Waals surface area contributed by atoms with Crippen LogP contribution in [0.1, 0.15) is 60.9 Å². The van der Waals surface area contributed by atoms with Crippen LogP contribution < -0.4 is 15.8 Å². The highest BCUT2D eigenvalue weighted by Gasteiger charge is 2.45. The molecule has 2 aliphatic carbocycles. The molecule has 1 aliphatic heterocycles. The molecule has 1 heterocycles. The number of nitrogens with zero attached hydrogens (tertiary/aromatic N) is 2. The van der Waals surface area contributed by atoms with Crippen molar-refractivity contribution in [2.75, 3.05) is 20.2 Å². The lowest BCUT2D eigenvalue weighted by molar-refractivity contribution is -0.135. The fourth-order valence-electron chi connectivity index (χ4n) is 5.93. The summed E-state index contributed by atoms with van der Waals surface area (Å²) >= 11 is 0. The number of carbonyl (C=O) groups is 3. The Kier molecular flexibility index (Phi) is 8.50. The van der Waals surface area contributed by atoms with E-state index in [1.807, 2.05) is 23.1 Å². The Labute approximate surface area is 230 Å². The summed E-state index contributed by atoms with van der Waals surface area (Å²) in [6.45, 7) is 0.900. The highest BCUT2D eigenvalue weighted by molar-refractivity contribution is 5.98. The van der Waals surface area contributed by atoms with Gasteiger partial charge < -0.3 is 25.6 Å². The van der Waals surface area contributed by atoms with Crippen LogP contribution in [0.4, 0.5) is 0 Å². The zero-order chi connectivity index (χ0) is 27.4. The molecule has 5 rings (SSSR count). The summed E-state index contributed by atoms with van der Waals surface area (Å²) in [6, 6.07) is 16.5. The van der Waals surface area contributed by atoms with Gasteiger partial charge in [0.15, 0.2) is 0 Å². The van der Waals surface area contributed by atoms with Crippen LogP contribution in [0.5, 0.6) is 5.75 Å². The quantitative estimate of drug-likeness (QED) is 0.516. The number of benzene rings is 2. The molecule has 208 valence electrons. The molecule has 8 nitrogen and oxygen atoms in total. The van der Waals surface area contributed by atoms with Crippen LogP contribution in [-0.2, 0) is 16.0 Å². The predicted octanol–water partition coefficient (Wildman–Crippen LogP) is 3.15. The third-order valence-corrected chi connectivity index (χ3v) is 8.41. The number of hydrogen-bond acceptors (Lipinski definition) is 5. The van der Waals surface area contributed by atoms with Crippen LogP contribution in [-0.4, -0.2) is 71.9 Å². The van der Waals surface area contributed by atoms with Crippen molar-refractivity contribution in [3.63, 3.8) is 0 Å². The van der Waals surface area contributed by atoms with Crippen LogP contribution in [0, 0.1) is 5.92 Å². The Morgan fingerprint density at radius 1 is 1.00 bits per heavy atom. The van der Waals surface area contributed by atoms with Gasteiger partial charge in [0.2, 0.25) is 11.8 Å². The first-order valence-electron chi connectivity index (χ1n) is 14.3. The maximum atomic E-state index is 13.8. The Morgan fingerprint density at radius 2 is 1.74 bits per heavy atom. The minimum atomic E-state index is -0.643. The van der Waals surface area contributed by atoms with E-state index in [0.29, 0.717) is 30.8 Å². The summed E-state index contributed by atoms with van der Waals surface area (Å²) in [7, 11) is 1.57. The number of methoxy groups -OCH3 is 1. The second kappa shape index (κ2) is 12.2. The second-order valence-electron chi connectivity index (χ2n) is 11.3. The van der Waals surface area contributed by atoms with Crippen LogP contribution >= 0.6 is 0 Å². The first kappa shape index (κ1) is 27.2. The summed E-state index contributed by atoms with van der Waals surface area (Å²) in [5.41, 5.74) is 7.70. The monoisotopic (exact) mass is 532 g/mol. The average molecular weight is 533 g/mol. The van der Waals surface area contributed by atoms with Crippen molar-refractivity contribution in [2.24, 2.45) is 11.7 Å². The van der Waals surface area contributed by atoms with Gasteiger partial charge >= 0.3 is 0 Å². The molecule has 2 saturated carbocycles. The third kappa shape index (κ3) is 6.61. The lowest BCUT2D eigenvalue weighted by Crippen LogP contribution is -2.50. The molecule has 2 aromatic carbocycles. The van der Waals surface area contributed by atoms with Crippen LogP contribution in [0.2, 0.25) is 0 Å². The zero-order valence-electron chi connectivity index (χ0n) is 22.8. The van der Waals surface area contributed by atoms with E-state index >= 15 is 0 Å². The molecule has 8 heteroatoms. The van der Waals surface area contributed by atoms with Gasteiger partial charge in [0.25, 0.3) is 5.91 Å². The number of amides is 3. The molecule has 0 spiro atoms. The summed E-state index contributed by atoms with van der Waals surface area (Å²) < 4.78 is 5.34. The standard InChI is InChI=1S/C31H40N4O4/c1-39-27-9-5-8-23(18-27)31(38)35-20-26(19-28(35)29(36)33-25-14-12-24(32)13-15-25)34(30(37)22-10-11-22)17-16-21-6-3-2-4-7-21/h2-9,18,22,24-26,28H,10-17,19-20,32H2,1H3,(H,33,36). The van der Waals surface area contributed by atoms with Crippen molar-refractivity contribution in [3.8, 4) is 5.75 Å². The number of nitrogens with one attached hydrogen (secondary N) is 1. The van der Waals surface area contributed by atoms with Crippen molar-refractivity contribution >= 4 is 17.7 Å². The smallest absolute Gasteiger partial charge is 0.254 e. The number of likely N-dealkylation sites (tertiary alicyclic amines) is 1. The lowest BCUT2D eigenvalue weighted by Gasteiger charge is -2.30. The molecule has 0 aromatic heterocycles. The topological polar surface area (TPSA) is 105 Å². The van der Waals surface area contributed by atoms with Crippen molar-refractivity contribution in [1.82, 2.24) is 15.1 Å². The Bertz CT molecular complexity index is 1160. The van der Waals surface area contributed by atoms with Gasteiger partial charge in [0.05, 0.1) is 13.2 Å². The molecular weight excluding hydrogens is 492 g/mol. The minimum Gasteiger partial charge on any atom is -0.497 e. The van der Waals surface area contributed by atoms with Crippen LogP contribution in [0.25, 0.3) is 0 Å². The van der Waals surface area contributed by atoms with E-state index in [4.69, 9.17) is 10.5 Å². The summed E-state index contributed by atoms with van der Waals surface area (Å²) in [6.07, 6.45) is 6.44. The van der Waals surface area contributed by atoms with Crippen molar-refractivity contribution in [1.29, 1.82) is 0 Å². The van der Waals surface area contributed by atoms with Gasteiger partial charge in [-0.2, -0.15) is 0 Å². The molecule has 3 N–H and O–H groups in total. The van der Waals surface area contributed by atoms with E-state index in [0.717, 1.165) is 44.9 Å². The van der Waals surface area contributed by atoms with Gasteiger partial charge in [0, 0.05) is 36.7 Å². The normalized spacial score (nSPS) is 24.7. The Hall–Kier alpha value is -3.39. The first-order chi connectivity index (χ1) is 18.9. The molecule has 2 unspecified atom stereocenters. The molecule has 1 saturated heterocycles. The maximum absolute atomic E-state index is 13.8. The molecule has 39 heavy (non-hydrogen) atoms. The molecule has 2 aromatic rings. The predicted molar refractivity (Wildman–Crippen MR) is 149 cm³/mol. The Balaban J connectivity index is 1.37. The SMILES string of the molecule is COc1cccc(C(=O)N2CC(N(CCc3ccccc3)C(=O)C3CC3)CC2C(=O)NC2CCC(N)CC2)c1. The highest BCUT2D eigenvalue weighted by Crippen LogP contribution is 2.34. The molecule has 3 aliphatic rings. The first-order valence-corrected chi connectivity index (χ1v) is 14.3. The molecule has 0 radical (unpaired) electrons. The van der Waals surface area contributed by atoms with Crippen molar-refractivity contribution in [3.05, 3.63) is 65.7 Å². The lowest BCUT2D eigenvalue weighted by atomic mass is 9.91. The maximum Gasteiger partial charge on any atom is 0.254 e. The number of ether oxygens (including phenoxy) is 1. The van der Waals surface area contributed by atoms with E-state index in [-0.39, 0.29) is 41.8 Å². The molecule has 3 amide bonds. The summed E-state index contributed by atoms with van der Waals surface area (Å²) in [4.78, 5) is 44.5. The van der Waals surface area contributed by atoms with Gasteiger partial charge in [-0.1, -0.05) is 36.4 Å². The molecular formula is C31H40N4O4. The summed E-state index contributed by atoms with van der Waals surface area (Å²) in [5.74, 6) is 0.430. The molecule has 2 atom stereocenters. The van der Waals surface area contributed by atoms with Crippen molar-refractivity contribution < 1.29 is 19.1 Å². The van der Waals surface area contributed by atoms with Gasteiger partial charge in [-0.05, 0) is 75.1 Å². The van der Waals surface area contributed by atoms with Gasteiger partial charge in [-0.25, -0.2) is 0 Å². The molecule has 0 bridgehead atoms.